The molecular formula is C11H10OS3. The zero-order valence-electron chi connectivity index (χ0n) is 8.40. The van der Waals surface area contributed by atoms with Gasteiger partial charge in [0.15, 0.2) is 0 Å². The van der Waals surface area contributed by atoms with Gasteiger partial charge in [-0.25, -0.2) is 0 Å². The van der Waals surface area contributed by atoms with Crippen molar-refractivity contribution in [1.29, 1.82) is 0 Å². The van der Waals surface area contributed by atoms with Gasteiger partial charge in [0.05, 0.1) is 0 Å². The molecule has 0 aliphatic carbocycles. The van der Waals surface area contributed by atoms with Crippen molar-refractivity contribution >= 4 is 32.9 Å². The largest absolute Gasteiger partial charge is 0.507 e. The first kappa shape index (κ1) is 10.8. The van der Waals surface area contributed by atoms with Crippen molar-refractivity contribution in [3.63, 3.8) is 0 Å². The molecule has 1 aromatic carbocycles. The van der Waals surface area contributed by atoms with Crippen LogP contribution in [0.3, 0.4) is 0 Å². The quantitative estimate of drug-likeness (QED) is 0.596. The van der Waals surface area contributed by atoms with Crippen LogP contribution < -0.4 is 0 Å². The van der Waals surface area contributed by atoms with Gasteiger partial charge in [0.25, 0.3) is 0 Å². The zero-order valence-corrected chi connectivity index (χ0v) is 10.9. The fraction of sp³-hybridized carbons (Fsp3) is 0.182. The van der Waals surface area contributed by atoms with Crippen LogP contribution in [0.5, 0.6) is 5.75 Å². The molecule has 0 aliphatic heterocycles. The maximum atomic E-state index is 9.68. The number of benzene rings is 1. The van der Waals surface area contributed by atoms with E-state index in [-0.39, 0.29) is 0 Å². The Kier molecular flexibility index (Phi) is 2.91. The summed E-state index contributed by atoms with van der Waals surface area (Å²) in [7, 11) is 3.26. The standard InChI is InChI=1S/C11H10OS3/c1-6-3-8(4-7(2)10(6)12)9-5-14-15-11(9)13/h3-5,12H,1-2H3. The second-order valence-electron chi connectivity index (χ2n) is 3.46. The minimum Gasteiger partial charge on any atom is -0.507 e. The van der Waals surface area contributed by atoms with E-state index in [0.29, 0.717) is 5.75 Å². The minimum atomic E-state index is 0.378. The molecular weight excluding hydrogens is 244 g/mol. The molecule has 1 heterocycles. The van der Waals surface area contributed by atoms with E-state index in [1.165, 1.54) is 0 Å². The number of hydrogen-bond acceptors (Lipinski definition) is 4. The summed E-state index contributed by atoms with van der Waals surface area (Å²) in [6.07, 6.45) is 0. The van der Waals surface area contributed by atoms with Crippen LogP contribution in [-0.2, 0) is 0 Å². The van der Waals surface area contributed by atoms with Crippen molar-refractivity contribution in [3.05, 3.63) is 32.5 Å². The van der Waals surface area contributed by atoms with E-state index in [1.807, 2.05) is 26.0 Å². The van der Waals surface area contributed by atoms with Crippen LogP contribution in [0.25, 0.3) is 11.1 Å². The molecule has 0 unspecified atom stereocenters. The Morgan fingerprint density at radius 2 is 1.80 bits per heavy atom. The lowest BCUT2D eigenvalue weighted by atomic mass is 10.0. The third-order valence-corrected chi connectivity index (χ3v) is 4.97. The predicted octanol–water partition coefficient (Wildman–Crippen LogP) is 4.53. The summed E-state index contributed by atoms with van der Waals surface area (Å²) in [5.74, 6) is 0.378. The molecule has 0 saturated heterocycles. The summed E-state index contributed by atoms with van der Waals surface area (Å²) in [5, 5.41) is 11.7. The highest BCUT2D eigenvalue weighted by molar-refractivity contribution is 7.79. The summed E-state index contributed by atoms with van der Waals surface area (Å²) in [4.78, 5) is 0. The van der Waals surface area contributed by atoms with Crippen molar-refractivity contribution in [2.45, 2.75) is 13.8 Å². The Balaban J connectivity index is 2.66. The van der Waals surface area contributed by atoms with Gasteiger partial charge in [-0.1, -0.05) is 32.9 Å². The Labute approximate surface area is 101 Å². The van der Waals surface area contributed by atoms with Gasteiger partial charge >= 0.3 is 0 Å². The fourth-order valence-electron chi connectivity index (χ4n) is 1.51. The molecule has 15 heavy (non-hydrogen) atoms. The third-order valence-electron chi connectivity index (χ3n) is 2.31. The van der Waals surface area contributed by atoms with E-state index < -0.39 is 0 Å². The lowest BCUT2D eigenvalue weighted by molar-refractivity contribution is 0.467. The normalized spacial score (nSPS) is 10.5. The molecule has 0 radical (unpaired) electrons. The van der Waals surface area contributed by atoms with Gasteiger partial charge in [0.2, 0.25) is 0 Å². The number of phenolic OH excluding ortho intramolecular Hbond substituents is 1. The second-order valence-corrected chi connectivity index (χ2v) is 6.20. The van der Waals surface area contributed by atoms with Gasteiger partial charge in [0, 0.05) is 10.9 Å². The average Bonchev–Trinajstić information content (AvgIpc) is 2.60. The maximum absolute atomic E-state index is 9.68. The van der Waals surface area contributed by atoms with Crippen molar-refractivity contribution in [1.82, 2.24) is 0 Å². The molecule has 0 atom stereocenters. The smallest absolute Gasteiger partial charge is 0.121 e. The SMILES string of the molecule is Cc1cc(-c2cssc2=S)cc(C)c1O. The molecule has 0 saturated carbocycles. The van der Waals surface area contributed by atoms with E-state index in [2.05, 4.69) is 5.38 Å². The molecule has 2 aromatic rings. The van der Waals surface area contributed by atoms with Gasteiger partial charge in [-0.3, -0.25) is 0 Å². The molecule has 78 valence electrons. The topological polar surface area (TPSA) is 20.2 Å². The van der Waals surface area contributed by atoms with Gasteiger partial charge in [-0.05, 0) is 42.7 Å². The van der Waals surface area contributed by atoms with Crippen LogP contribution in [0.2, 0.25) is 0 Å². The van der Waals surface area contributed by atoms with Gasteiger partial charge in [-0.15, -0.1) is 0 Å². The molecule has 1 nitrogen and oxygen atoms in total. The van der Waals surface area contributed by atoms with Crippen LogP contribution in [0.1, 0.15) is 11.1 Å². The molecule has 1 aromatic heterocycles. The summed E-state index contributed by atoms with van der Waals surface area (Å²) in [6.45, 7) is 3.81. The first-order valence-corrected chi connectivity index (χ1v) is 7.10. The third kappa shape index (κ3) is 1.97. The van der Waals surface area contributed by atoms with E-state index in [1.54, 1.807) is 20.7 Å². The van der Waals surface area contributed by atoms with Crippen LogP contribution in [0.4, 0.5) is 0 Å². The number of aryl methyl sites for hydroxylation is 2. The summed E-state index contributed by atoms with van der Waals surface area (Å²) in [5.41, 5.74) is 4.00. The van der Waals surface area contributed by atoms with E-state index in [4.69, 9.17) is 12.2 Å². The van der Waals surface area contributed by atoms with Crippen molar-refractivity contribution in [2.24, 2.45) is 0 Å². The highest BCUT2D eigenvalue weighted by Crippen LogP contribution is 2.32. The number of rotatable bonds is 1. The first-order valence-electron chi connectivity index (χ1n) is 4.48. The highest BCUT2D eigenvalue weighted by Gasteiger charge is 2.07. The number of aromatic hydroxyl groups is 1. The molecule has 1 N–H and O–H groups in total. The summed E-state index contributed by atoms with van der Waals surface area (Å²) < 4.78 is 0.921. The Bertz CT molecular complexity index is 528. The Morgan fingerprint density at radius 3 is 2.27 bits per heavy atom. The van der Waals surface area contributed by atoms with E-state index >= 15 is 0 Å². The molecule has 4 heteroatoms. The van der Waals surface area contributed by atoms with Crippen molar-refractivity contribution in [2.75, 3.05) is 0 Å². The molecule has 0 amide bonds. The molecule has 0 bridgehead atoms. The molecule has 2 rings (SSSR count). The summed E-state index contributed by atoms with van der Waals surface area (Å²) in [6, 6.07) is 3.96. The Hall–Kier alpha value is -0.710. The zero-order chi connectivity index (χ0) is 11.0. The van der Waals surface area contributed by atoms with Crippen molar-refractivity contribution < 1.29 is 5.11 Å². The fourth-order valence-corrected chi connectivity index (χ4v) is 3.90. The van der Waals surface area contributed by atoms with Crippen molar-refractivity contribution in [3.8, 4) is 16.9 Å². The summed E-state index contributed by atoms with van der Waals surface area (Å²) >= 11 is 5.25. The molecule has 0 fully saturated rings. The monoisotopic (exact) mass is 254 g/mol. The van der Waals surface area contributed by atoms with Gasteiger partial charge < -0.3 is 5.11 Å². The minimum absolute atomic E-state index is 0.378. The van der Waals surface area contributed by atoms with E-state index in [9.17, 15) is 5.11 Å². The molecule has 0 aliphatic rings. The van der Waals surface area contributed by atoms with E-state index in [0.717, 1.165) is 26.1 Å². The Morgan fingerprint density at radius 1 is 1.20 bits per heavy atom. The average molecular weight is 254 g/mol. The number of hydrogen-bond donors (Lipinski definition) is 1. The maximum Gasteiger partial charge on any atom is 0.121 e. The first-order chi connectivity index (χ1) is 7.09. The van der Waals surface area contributed by atoms with Gasteiger partial charge in [-0.2, -0.15) is 0 Å². The number of phenols is 1. The highest BCUT2D eigenvalue weighted by atomic mass is 32.9. The predicted molar refractivity (Wildman–Crippen MR) is 69.6 cm³/mol. The second kappa shape index (κ2) is 4.04. The van der Waals surface area contributed by atoms with Crippen LogP contribution in [0.15, 0.2) is 17.5 Å². The molecule has 0 spiro atoms. The van der Waals surface area contributed by atoms with Gasteiger partial charge in [0.1, 0.15) is 9.57 Å². The van der Waals surface area contributed by atoms with Crippen LogP contribution in [0, 0.1) is 17.7 Å². The lowest BCUT2D eigenvalue weighted by Gasteiger charge is -2.06. The lowest BCUT2D eigenvalue weighted by Crippen LogP contribution is -1.83. The van der Waals surface area contributed by atoms with Crippen LogP contribution in [-0.4, -0.2) is 5.11 Å². The van der Waals surface area contributed by atoms with Crippen LogP contribution >= 0.6 is 32.9 Å².